The van der Waals surface area contributed by atoms with E-state index in [9.17, 15) is 0 Å². The summed E-state index contributed by atoms with van der Waals surface area (Å²) in [5.41, 5.74) is 0. The van der Waals surface area contributed by atoms with Gasteiger partial charge in [-0.25, -0.2) is 0 Å². The average molecular weight is 355 g/mol. The lowest BCUT2D eigenvalue weighted by molar-refractivity contribution is 0.179. The van der Waals surface area contributed by atoms with Gasteiger partial charge in [0.05, 0.1) is 6.61 Å². The highest BCUT2D eigenvalue weighted by Crippen LogP contribution is 2.34. The Balaban J connectivity index is 0.00000256. The first-order valence-corrected chi connectivity index (χ1v) is 6.20. The smallest absolute Gasteiger partial charge is 0.191 e. The molecule has 1 saturated carbocycles. The van der Waals surface area contributed by atoms with E-state index >= 15 is 0 Å². The Kier molecular flexibility index (Phi) is 8.94. The molecule has 0 aromatic carbocycles. The van der Waals surface area contributed by atoms with Crippen LogP contribution in [0.1, 0.15) is 33.1 Å². The molecule has 0 heterocycles. The fraction of sp³-hybridized carbons (Fsp3) is 0.917. The molecule has 1 aliphatic rings. The van der Waals surface area contributed by atoms with Crippen molar-refractivity contribution in [2.24, 2.45) is 10.9 Å². The van der Waals surface area contributed by atoms with Crippen LogP contribution in [0.4, 0.5) is 0 Å². The highest BCUT2D eigenvalue weighted by Gasteiger charge is 2.36. The number of hydrogen-bond acceptors (Lipinski definition) is 2. The van der Waals surface area contributed by atoms with E-state index in [4.69, 9.17) is 4.74 Å². The number of nitrogens with one attached hydrogen (secondary N) is 2. The summed E-state index contributed by atoms with van der Waals surface area (Å²) in [4.78, 5) is 4.22. The van der Waals surface area contributed by atoms with E-state index in [0.29, 0.717) is 18.7 Å². The zero-order valence-corrected chi connectivity index (χ0v) is 13.7. The van der Waals surface area contributed by atoms with Crippen molar-refractivity contribution in [3.05, 3.63) is 0 Å². The maximum Gasteiger partial charge on any atom is 0.191 e. The summed E-state index contributed by atoms with van der Waals surface area (Å²) in [5, 5.41) is 6.76. The van der Waals surface area contributed by atoms with Crippen LogP contribution < -0.4 is 10.6 Å². The fourth-order valence-corrected chi connectivity index (χ4v) is 1.99. The van der Waals surface area contributed by atoms with Crippen LogP contribution in [0, 0.1) is 5.92 Å². The van der Waals surface area contributed by atoms with Crippen molar-refractivity contribution >= 4 is 29.9 Å². The van der Waals surface area contributed by atoms with Crippen LogP contribution >= 0.6 is 24.0 Å². The monoisotopic (exact) mass is 355 g/mol. The van der Waals surface area contributed by atoms with Crippen molar-refractivity contribution in [1.82, 2.24) is 10.6 Å². The van der Waals surface area contributed by atoms with Crippen molar-refractivity contribution in [2.45, 2.75) is 45.2 Å². The lowest BCUT2D eigenvalue weighted by Gasteiger charge is -2.17. The van der Waals surface area contributed by atoms with Crippen molar-refractivity contribution in [1.29, 1.82) is 0 Å². The summed E-state index contributed by atoms with van der Waals surface area (Å²) in [7, 11) is 3.53. The number of guanidine groups is 1. The predicted octanol–water partition coefficient (Wildman–Crippen LogP) is 1.99. The van der Waals surface area contributed by atoms with Gasteiger partial charge in [-0.1, -0.05) is 13.3 Å². The van der Waals surface area contributed by atoms with E-state index in [1.807, 2.05) is 7.05 Å². The quantitative estimate of drug-likeness (QED) is 0.435. The van der Waals surface area contributed by atoms with E-state index in [2.05, 4.69) is 29.5 Å². The van der Waals surface area contributed by atoms with E-state index in [-0.39, 0.29) is 24.0 Å². The Morgan fingerprint density at radius 3 is 2.76 bits per heavy atom. The molecule has 3 atom stereocenters. The van der Waals surface area contributed by atoms with E-state index in [1.165, 1.54) is 19.3 Å². The van der Waals surface area contributed by atoms with Crippen LogP contribution in [0.5, 0.6) is 0 Å². The van der Waals surface area contributed by atoms with Crippen molar-refractivity contribution < 1.29 is 4.74 Å². The van der Waals surface area contributed by atoms with Crippen LogP contribution in [-0.4, -0.2) is 38.8 Å². The third kappa shape index (κ3) is 6.45. The summed E-state index contributed by atoms with van der Waals surface area (Å²) in [6.07, 6.45) is 3.88. The van der Waals surface area contributed by atoms with Crippen LogP contribution in [0.2, 0.25) is 0 Å². The van der Waals surface area contributed by atoms with Gasteiger partial charge < -0.3 is 15.4 Å². The molecule has 2 N–H and O–H groups in total. The second-order valence-corrected chi connectivity index (χ2v) is 4.61. The summed E-state index contributed by atoms with van der Waals surface area (Å²) in [5.74, 6) is 1.74. The predicted molar refractivity (Wildman–Crippen MR) is 83.2 cm³/mol. The lowest BCUT2D eigenvalue weighted by atomic mass is 10.2. The summed E-state index contributed by atoms with van der Waals surface area (Å²) < 4.78 is 5.08. The lowest BCUT2D eigenvalue weighted by Crippen LogP contribution is -2.45. The highest BCUT2D eigenvalue weighted by molar-refractivity contribution is 14.0. The molecule has 0 amide bonds. The first-order chi connectivity index (χ1) is 7.71. The minimum Gasteiger partial charge on any atom is -0.383 e. The van der Waals surface area contributed by atoms with Gasteiger partial charge >= 0.3 is 0 Å². The average Bonchev–Trinajstić information content (AvgIpc) is 2.96. The molecule has 3 unspecified atom stereocenters. The Morgan fingerprint density at radius 2 is 2.24 bits per heavy atom. The number of aliphatic imine (C=N–C) groups is 1. The summed E-state index contributed by atoms with van der Waals surface area (Å²) in [6.45, 7) is 5.03. The second kappa shape index (κ2) is 8.97. The minimum absolute atomic E-state index is 0. The topological polar surface area (TPSA) is 45.7 Å². The van der Waals surface area contributed by atoms with Crippen LogP contribution in [0.15, 0.2) is 4.99 Å². The Hall–Kier alpha value is -0.0400. The van der Waals surface area contributed by atoms with Crippen LogP contribution in [-0.2, 0) is 4.74 Å². The molecule has 0 aromatic rings. The van der Waals surface area contributed by atoms with Gasteiger partial charge in [0.15, 0.2) is 5.96 Å². The van der Waals surface area contributed by atoms with Crippen molar-refractivity contribution in [3.8, 4) is 0 Å². The molecule has 0 spiro atoms. The molecule has 1 rings (SSSR count). The Morgan fingerprint density at radius 1 is 1.53 bits per heavy atom. The highest BCUT2D eigenvalue weighted by atomic mass is 127. The Labute approximate surface area is 122 Å². The number of hydrogen-bond donors (Lipinski definition) is 2. The van der Waals surface area contributed by atoms with Crippen LogP contribution in [0.3, 0.4) is 0 Å². The molecule has 1 fully saturated rings. The Bertz CT molecular complexity index is 236. The van der Waals surface area contributed by atoms with Gasteiger partial charge in [-0.3, -0.25) is 4.99 Å². The first kappa shape index (κ1) is 17.0. The van der Waals surface area contributed by atoms with Gasteiger partial charge in [-0.05, 0) is 25.7 Å². The molecule has 0 saturated heterocycles. The van der Waals surface area contributed by atoms with Gasteiger partial charge in [-0.2, -0.15) is 0 Å². The molecule has 0 aromatic heterocycles. The van der Waals surface area contributed by atoms with E-state index in [1.54, 1.807) is 7.11 Å². The van der Waals surface area contributed by atoms with Crippen molar-refractivity contribution in [2.75, 3.05) is 20.8 Å². The maximum atomic E-state index is 5.08. The van der Waals surface area contributed by atoms with Gasteiger partial charge in [0.2, 0.25) is 0 Å². The zero-order valence-electron chi connectivity index (χ0n) is 11.3. The van der Waals surface area contributed by atoms with Gasteiger partial charge in [0.1, 0.15) is 0 Å². The number of rotatable bonds is 6. The molecule has 0 radical (unpaired) electrons. The molecule has 5 heteroatoms. The first-order valence-electron chi connectivity index (χ1n) is 6.20. The molecule has 1 aliphatic carbocycles. The summed E-state index contributed by atoms with van der Waals surface area (Å²) >= 11 is 0. The van der Waals surface area contributed by atoms with Crippen molar-refractivity contribution in [3.63, 3.8) is 0 Å². The van der Waals surface area contributed by atoms with E-state index in [0.717, 1.165) is 11.9 Å². The number of nitrogens with zero attached hydrogens (tertiary/aromatic N) is 1. The van der Waals surface area contributed by atoms with Crippen LogP contribution in [0.25, 0.3) is 0 Å². The molecular weight excluding hydrogens is 329 g/mol. The zero-order chi connectivity index (χ0) is 12.0. The largest absolute Gasteiger partial charge is 0.383 e. The van der Waals surface area contributed by atoms with Gasteiger partial charge in [0, 0.05) is 26.2 Å². The molecule has 17 heavy (non-hydrogen) atoms. The molecule has 0 aliphatic heterocycles. The molecule has 4 nitrogen and oxygen atoms in total. The summed E-state index contributed by atoms with van der Waals surface area (Å²) in [6, 6.07) is 0.917. The third-order valence-corrected chi connectivity index (χ3v) is 2.93. The molecular formula is C12H26IN3O. The minimum atomic E-state index is 0. The standard InChI is InChI=1S/C12H25N3O.HI/c1-5-6-10-7-11(10)15-12(13-3)14-9(2)8-16-4;/h9-11H,5-8H2,1-4H3,(H2,13,14,15);1H. The van der Waals surface area contributed by atoms with E-state index < -0.39 is 0 Å². The second-order valence-electron chi connectivity index (χ2n) is 4.61. The van der Waals surface area contributed by atoms with Gasteiger partial charge in [0.25, 0.3) is 0 Å². The fourth-order valence-electron chi connectivity index (χ4n) is 1.99. The molecule has 0 bridgehead atoms. The normalized spacial score (nSPS) is 24.8. The maximum absolute atomic E-state index is 5.08. The number of halogens is 1. The SMILES string of the molecule is CCCC1CC1NC(=NC)NC(C)COC.I. The van der Waals surface area contributed by atoms with Gasteiger partial charge in [-0.15, -0.1) is 24.0 Å². The third-order valence-electron chi connectivity index (χ3n) is 2.93. The molecule has 102 valence electrons. The number of ether oxygens (including phenoxy) is 1. The number of methoxy groups -OCH3 is 1.